The topological polar surface area (TPSA) is 142 Å². The summed E-state index contributed by atoms with van der Waals surface area (Å²) in [6.07, 6.45) is -0.109. The zero-order valence-corrected chi connectivity index (χ0v) is 16.5. The SMILES string of the molecule is O=C(CCC(=O)NNC(=S)NC(=O)c1cccc([N+](=O)[O-])c1)NCc1ccccc1. The lowest BCUT2D eigenvalue weighted by atomic mass is 10.2. The van der Waals surface area contributed by atoms with Gasteiger partial charge in [-0.1, -0.05) is 36.4 Å². The first-order chi connectivity index (χ1) is 14.3. The molecule has 0 saturated heterocycles. The van der Waals surface area contributed by atoms with E-state index in [4.69, 9.17) is 12.2 Å². The molecule has 0 radical (unpaired) electrons. The van der Waals surface area contributed by atoms with E-state index in [2.05, 4.69) is 21.5 Å². The van der Waals surface area contributed by atoms with Crippen molar-refractivity contribution in [3.8, 4) is 0 Å². The van der Waals surface area contributed by atoms with Crippen LogP contribution >= 0.6 is 12.2 Å². The number of nitrogens with zero attached hydrogens (tertiary/aromatic N) is 1. The Bertz CT molecular complexity index is 951. The number of benzene rings is 2. The third-order valence-electron chi connectivity index (χ3n) is 3.77. The number of non-ortho nitro benzene ring substituents is 1. The van der Waals surface area contributed by atoms with Crippen molar-refractivity contribution < 1.29 is 19.3 Å². The smallest absolute Gasteiger partial charge is 0.270 e. The Balaban J connectivity index is 1.68. The lowest BCUT2D eigenvalue weighted by molar-refractivity contribution is -0.384. The Labute approximate surface area is 177 Å². The third kappa shape index (κ3) is 7.64. The van der Waals surface area contributed by atoms with Gasteiger partial charge in [-0.2, -0.15) is 0 Å². The molecule has 3 amide bonds. The monoisotopic (exact) mass is 429 g/mol. The van der Waals surface area contributed by atoms with E-state index in [0.29, 0.717) is 6.54 Å². The summed E-state index contributed by atoms with van der Waals surface area (Å²) < 4.78 is 0. The van der Waals surface area contributed by atoms with Crippen molar-refractivity contribution in [3.63, 3.8) is 0 Å². The quantitative estimate of drug-likeness (QED) is 0.295. The number of amides is 3. The normalized spacial score (nSPS) is 9.87. The van der Waals surface area contributed by atoms with Gasteiger partial charge in [0.05, 0.1) is 4.92 Å². The summed E-state index contributed by atoms with van der Waals surface area (Å²) in [7, 11) is 0. The van der Waals surface area contributed by atoms with Crippen molar-refractivity contribution in [1.29, 1.82) is 0 Å². The van der Waals surface area contributed by atoms with Gasteiger partial charge in [0.25, 0.3) is 11.6 Å². The highest BCUT2D eigenvalue weighted by molar-refractivity contribution is 7.80. The molecule has 0 bridgehead atoms. The van der Waals surface area contributed by atoms with Gasteiger partial charge in [-0.05, 0) is 23.8 Å². The van der Waals surface area contributed by atoms with Crippen molar-refractivity contribution in [2.75, 3.05) is 0 Å². The molecule has 0 aromatic heterocycles. The van der Waals surface area contributed by atoms with Gasteiger partial charge < -0.3 is 5.32 Å². The molecule has 30 heavy (non-hydrogen) atoms. The van der Waals surface area contributed by atoms with Crippen LogP contribution in [-0.2, 0) is 16.1 Å². The molecule has 156 valence electrons. The number of carbonyl (C=O) groups excluding carboxylic acids is 3. The van der Waals surface area contributed by atoms with Crippen molar-refractivity contribution in [3.05, 3.63) is 75.8 Å². The van der Waals surface area contributed by atoms with Crippen LogP contribution in [0.3, 0.4) is 0 Å². The van der Waals surface area contributed by atoms with Crippen molar-refractivity contribution >= 4 is 40.7 Å². The van der Waals surface area contributed by atoms with Crippen molar-refractivity contribution in [2.24, 2.45) is 0 Å². The van der Waals surface area contributed by atoms with Crippen LogP contribution in [0.2, 0.25) is 0 Å². The molecule has 0 atom stereocenters. The fourth-order valence-corrected chi connectivity index (χ4v) is 2.41. The summed E-state index contributed by atoms with van der Waals surface area (Å²) >= 11 is 4.89. The van der Waals surface area contributed by atoms with Crippen LogP contribution < -0.4 is 21.5 Å². The number of hydrogen-bond donors (Lipinski definition) is 4. The molecular formula is C19H19N5O5S. The average molecular weight is 429 g/mol. The standard InChI is InChI=1S/C19H19N5O5S/c25-16(20-12-13-5-2-1-3-6-13)9-10-17(26)22-23-19(30)21-18(27)14-7-4-8-15(11-14)24(28)29/h1-8,11H,9-10,12H2,(H,20,25)(H,22,26)(H2,21,23,27,30). The van der Waals surface area contributed by atoms with Gasteiger partial charge in [0.15, 0.2) is 5.11 Å². The molecule has 0 fully saturated rings. The average Bonchev–Trinajstić information content (AvgIpc) is 2.75. The number of hydrazine groups is 1. The van der Waals surface area contributed by atoms with E-state index in [1.165, 1.54) is 18.2 Å². The Kier molecular flexibility index (Phi) is 8.39. The van der Waals surface area contributed by atoms with Gasteiger partial charge in [-0.25, -0.2) is 0 Å². The molecule has 0 aliphatic heterocycles. The lowest BCUT2D eigenvalue weighted by Gasteiger charge is -2.11. The second kappa shape index (κ2) is 11.2. The molecule has 0 saturated carbocycles. The van der Waals surface area contributed by atoms with Gasteiger partial charge in [0.2, 0.25) is 11.8 Å². The van der Waals surface area contributed by atoms with E-state index < -0.39 is 16.7 Å². The Hall–Kier alpha value is -3.86. The number of nitrogens with one attached hydrogen (secondary N) is 4. The van der Waals surface area contributed by atoms with Crippen LogP contribution in [-0.4, -0.2) is 27.8 Å². The molecular weight excluding hydrogens is 410 g/mol. The van der Waals surface area contributed by atoms with Crippen LogP contribution in [0.1, 0.15) is 28.8 Å². The maximum Gasteiger partial charge on any atom is 0.270 e. The summed E-state index contributed by atoms with van der Waals surface area (Å²) in [4.78, 5) is 45.8. The Morgan fingerprint density at radius 2 is 1.63 bits per heavy atom. The van der Waals surface area contributed by atoms with Crippen molar-refractivity contribution in [1.82, 2.24) is 21.5 Å². The highest BCUT2D eigenvalue weighted by atomic mass is 32.1. The van der Waals surface area contributed by atoms with Gasteiger partial charge in [-0.15, -0.1) is 0 Å². The minimum atomic E-state index is -0.675. The summed E-state index contributed by atoms with van der Waals surface area (Å²) in [5.74, 6) is -1.46. The fraction of sp³-hybridized carbons (Fsp3) is 0.158. The maximum absolute atomic E-state index is 12.1. The highest BCUT2D eigenvalue weighted by Crippen LogP contribution is 2.12. The number of thiocarbonyl (C=S) groups is 1. The predicted octanol–water partition coefficient (Wildman–Crippen LogP) is 1.33. The first-order valence-electron chi connectivity index (χ1n) is 8.80. The molecule has 0 spiro atoms. The maximum atomic E-state index is 12.1. The first-order valence-corrected chi connectivity index (χ1v) is 9.21. The summed E-state index contributed by atoms with van der Waals surface area (Å²) in [5, 5.41) is 15.5. The molecule has 0 heterocycles. The zero-order valence-electron chi connectivity index (χ0n) is 15.7. The van der Waals surface area contributed by atoms with Crippen LogP contribution in [0.15, 0.2) is 54.6 Å². The molecule has 11 heteroatoms. The van der Waals surface area contributed by atoms with Gasteiger partial charge >= 0.3 is 0 Å². The minimum absolute atomic E-state index is 0.0207. The Morgan fingerprint density at radius 1 is 0.933 bits per heavy atom. The molecule has 2 rings (SSSR count). The number of nitro benzene ring substituents is 1. The van der Waals surface area contributed by atoms with E-state index in [-0.39, 0.29) is 35.1 Å². The third-order valence-corrected chi connectivity index (χ3v) is 3.98. The van der Waals surface area contributed by atoms with E-state index in [9.17, 15) is 24.5 Å². The van der Waals surface area contributed by atoms with Gasteiger partial charge in [0.1, 0.15) is 0 Å². The number of carbonyl (C=O) groups is 3. The predicted molar refractivity (Wildman–Crippen MR) is 112 cm³/mol. The number of rotatable bonds is 7. The van der Waals surface area contributed by atoms with E-state index in [1.54, 1.807) is 0 Å². The van der Waals surface area contributed by atoms with Crippen molar-refractivity contribution in [2.45, 2.75) is 19.4 Å². The highest BCUT2D eigenvalue weighted by Gasteiger charge is 2.13. The van der Waals surface area contributed by atoms with Crippen LogP contribution in [0.4, 0.5) is 5.69 Å². The molecule has 0 unspecified atom stereocenters. The fourth-order valence-electron chi connectivity index (χ4n) is 2.27. The number of nitro groups is 1. The van der Waals surface area contributed by atoms with Crippen LogP contribution in [0, 0.1) is 10.1 Å². The van der Waals surface area contributed by atoms with E-state index in [1.807, 2.05) is 30.3 Å². The summed E-state index contributed by atoms with van der Waals surface area (Å²) in [5.41, 5.74) is 5.35. The largest absolute Gasteiger partial charge is 0.352 e. The molecule has 4 N–H and O–H groups in total. The van der Waals surface area contributed by atoms with Gasteiger partial charge in [0, 0.05) is 37.1 Å². The molecule has 0 aliphatic rings. The van der Waals surface area contributed by atoms with Crippen LogP contribution in [0.25, 0.3) is 0 Å². The summed E-state index contributed by atoms with van der Waals surface area (Å²) in [6.45, 7) is 0.368. The Morgan fingerprint density at radius 3 is 2.33 bits per heavy atom. The van der Waals surface area contributed by atoms with Gasteiger partial charge in [-0.3, -0.25) is 40.7 Å². The van der Waals surface area contributed by atoms with E-state index >= 15 is 0 Å². The van der Waals surface area contributed by atoms with E-state index in [0.717, 1.165) is 11.6 Å². The second-order valence-electron chi connectivity index (χ2n) is 6.03. The number of hydrogen-bond acceptors (Lipinski definition) is 6. The summed E-state index contributed by atoms with van der Waals surface area (Å²) in [6, 6.07) is 14.5. The zero-order chi connectivity index (χ0) is 21.9. The molecule has 10 nitrogen and oxygen atoms in total. The first kappa shape index (κ1) is 22.4. The molecule has 2 aromatic rings. The lowest BCUT2D eigenvalue weighted by Crippen LogP contribution is -2.48. The minimum Gasteiger partial charge on any atom is -0.352 e. The second-order valence-corrected chi connectivity index (χ2v) is 6.43. The molecule has 0 aliphatic carbocycles. The van der Waals surface area contributed by atoms with Crippen LogP contribution in [0.5, 0.6) is 0 Å². The molecule has 2 aromatic carbocycles.